The number of unbranched alkanes of at least 4 members (excludes halogenated alkanes) is 30. The number of aryl methyl sites for hydroxylation is 2. The molecule has 0 saturated carbocycles. The van der Waals surface area contributed by atoms with Crippen LogP contribution in [-0.2, 0) is 33.7 Å². The average Bonchev–Trinajstić information content (AvgIpc) is 3.39. The quantitative estimate of drug-likeness (QED) is 0.0573. The summed E-state index contributed by atoms with van der Waals surface area (Å²) in [7, 11) is 0. The predicted molar refractivity (Wildman–Crippen MR) is 300 cm³/mol. The summed E-state index contributed by atoms with van der Waals surface area (Å²) in [5.41, 5.74) is 3.99. The summed E-state index contributed by atoms with van der Waals surface area (Å²) in [4.78, 5) is 0. The number of aliphatic hydroxyl groups excluding tert-OH is 1. The fourth-order valence-electron chi connectivity index (χ4n) is 9.40. The van der Waals surface area contributed by atoms with Gasteiger partial charge in [0.2, 0.25) is 0 Å². The maximum Gasteiger partial charge on any atom is 0.0717 e. The van der Waals surface area contributed by atoms with E-state index in [2.05, 4.69) is 98.8 Å². The van der Waals surface area contributed by atoms with Crippen molar-refractivity contribution in [2.75, 3.05) is 39.6 Å². The van der Waals surface area contributed by atoms with E-state index < -0.39 is 0 Å². The summed E-state index contributed by atoms with van der Waals surface area (Å²) in [5.74, 6) is 0.709. The Morgan fingerprint density at radius 3 is 0.928 bits per heavy atom. The zero-order valence-corrected chi connectivity index (χ0v) is 45.4. The highest BCUT2D eigenvalue weighted by Gasteiger charge is 2.11. The van der Waals surface area contributed by atoms with Crippen molar-refractivity contribution in [2.24, 2.45) is 11.8 Å². The van der Waals surface area contributed by atoms with Crippen LogP contribution in [0.2, 0.25) is 0 Å². The van der Waals surface area contributed by atoms with Crippen LogP contribution in [0.5, 0.6) is 0 Å². The molecule has 4 nitrogen and oxygen atoms in total. The zero-order valence-electron chi connectivity index (χ0n) is 45.4. The van der Waals surface area contributed by atoms with E-state index in [0.29, 0.717) is 19.1 Å². The lowest BCUT2D eigenvalue weighted by atomic mass is 10.0. The normalized spacial score (nSPS) is 12.2. The smallest absolute Gasteiger partial charge is 0.0717 e. The minimum absolute atomic E-state index is 0.228. The van der Waals surface area contributed by atoms with Gasteiger partial charge in [0.15, 0.2) is 0 Å². The molecule has 0 saturated heterocycles. The van der Waals surface area contributed by atoms with E-state index in [1.807, 2.05) is 6.07 Å². The van der Waals surface area contributed by atoms with E-state index >= 15 is 0 Å². The molecule has 0 bridgehead atoms. The van der Waals surface area contributed by atoms with Crippen LogP contribution in [-0.4, -0.2) is 44.7 Å². The molecule has 394 valence electrons. The molecule has 3 rings (SSSR count). The molecule has 0 radical (unpaired) electrons. The van der Waals surface area contributed by atoms with E-state index in [0.717, 1.165) is 58.5 Å². The Bertz CT molecular complexity index is 1400. The molecular formula is C65H110O4. The molecule has 2 atom stereocenters. The summed E-state index contributed by atoms with van der Waals surface area (Å²) < 4.78 is 18.0. The Morgan fingerprint density at radius 2 is 0.594 bits per heavy atom. The number of ether oxygens (including phenoxy) is 3. The first kappa shape index (κ1) is 62.6. The van der Waals surface area contributed by atoms with Crippen molar-refractivity contribution in [3.05, 3.63) is 108 Å². The molecular weight excluding hydrogens is 845 g/mol. The van der Waals surface area contributed by atoms with Gasteiger partial charge >= 0.3 is 0 Å². The predicted octanol–water partition coefficient (Wildman–Crippen LogP) is 19.2. The summed E-state index contributed by atoms with van der Waals surface area (Å²) in [6, 6.07) is 31.8. The lowest BCUT2D eigenvalue weighted by molar-refractivity contribution is 0.0288. The Kier molecular flexibility index (Phi) is 45.8. The van der Waals surface area contributed by atoms with Crippen molar-refractivity contribution in [3.63, 3.8) is 0 Å². The number of rotatable bonds is 49. The van der Waals surface area contributed by atoms with Crippen LogP contribution in [0.4, 0.5) is 0 Å². The van der Waals surface area contributed by atoms with Gasteiger partial charge in [-0.25, -0.2) is 0 Å². The standard InChI is InChI=1S/C36H58O2.C29H52O2/c1-2-3-4-5-6-7-8-9-10-11-12-13-14-15-16-23-30-37-32-36(29-28-34-24-19-17-20-25-34)33-38-31-35-26-21-18-22-27-35;1-2-3-4-5-6-7-8-9-10-11-12-13-14-15-16-20-25-31-27-29(26-30)24-23-28-21-18-17-19-22-28/h17-22,24-27,36H,2-16,23,28-33H2,1H3;17-19,21-22,29-30H,2-16,20,23-27H2,1H3/t36-;29-/m10/s1. The van der Waals surface area contributed by atoms with Crippen molar-refractivity contribution < 1.29 is 19.3 Å². The molecule has 3 aromatic rings. The van der Waals surface area contributed by atoms with Gasteiger partial charge in [0.05, 0.1) is 26.4 Å². The first-order valence-electron chi connectivity index (χ1n) is 29.7. The minimum Gasteiger partial charge on any atom is -0.396 e. The van der Waals surface area contributed by atoms with Crippen molar-refractivity contribution >= 4 is 0 Å². The average molecular weight is 956 g/mol. The second-order valence-corrected chi connectivity index (χ2v) is 20.7. The van der Waals surface area contributed by atoms with E-state index in [1.54, 1.807) is 0 Å². The number of hydrogen-bond donors (Lipinski definition) is 1. The lowest BCUT2D eigenvalue weighted by Gasteiger charge is -2.18. The second-order valence-electron chi connectivity index (χ2n) is 20.7. The van der Waals surface area contributed by atoms with Crippen LogP contribution in [0.25, 0.3) is 0 Å². The van der Waals surface area contributed by atoms with Gasteiger partial charge in [0.25, 0.3) is 0 Å². The molecule has 0 aliphatic heterocycles. The van der Waals surface area contributed by atoms with Crippen molar-refractivity contribution in [1.82, 2.24) is 0 Å². The topological polar surface area (TPSA) is 47.9 Å². The Morgan fingerprint density at radius 1 is 0.319 bits per heavy atom. The van der Waals surface area contributed by atoms with Gasteiger partial charge in [-0.3, -0.25) is 0 Å². The molecule has 0 fully saturated rings. The number of hydrogen-bond acceptors (Lipinski definition) is 4. The van der Waals surface area contributed by atoms with Crippen LogP contribution < -0.4 is 0 Å². The molecule has 0 unspecified atom stereocenters. The molecule has 0 aromatic heterocycles. The summed E-state index contributed by atoms with van der Waals surface area (Å²) in [6.07, 6.45) is 49.1. The zero-order chi connectivity index (χ0) is 49.0. The first-order valence-corrected chi connectivity index (χ1v) is 29.7. The van der Waals surface area contributed by atoms with Gasteiger partial charge < -0.3 is 19.3 Å². The van der Waals surface area contributed by atoms with Crippen LogP contribution in [0, 0.1) is 11.8 Å². The molecule has 0 spiro atoms. The van der Waals surface area contributed by atoms with Gasteiger partial charge in [0.1, 0.15) is 0 Å². The maximum atomic E-state index is 9.57. The van der Waals surface area contributed by atoms with Gasteiger partial charge in [-0.2, -0.15) is 0 Å². The van der Waals surface area contributed by atoms with Crippen LogP contribution >= 0.6 is 0 Å². The molecule has 0 amide bonds. The van der Waals surface area contributed by atoms with E-state index in [1.165, 1.54) is 216 Å². The van der Waals surface area contributed by atoms with Gasteiger partial charge in [-0.15, -0.1) is 0 Å². The highest BCUT2D eigenvalue weighted by atomic mass is 16.5. The third kappa shape index (κ3) is 41.8. The SMILES string of the molecule is CCCCCCCCCCCCCCCCCCOC[C@@H](CCc1ccccc1)COCc1ccccc1.CCCCCCCCCCCCCCCCCCOC[C@H](CO)CCc1ccccc1. The summed E-state index contributed by atoms with van der Waals surface area (Å²) >= 11 is 0. The number of aliphatic hydroxyl groups is 1. The van der Waals surface area contributed by atoms with E-state index in [-0.39, 0.29) is 12.5 Å². The monoisotopic (exact) mass is 955 g/mol. The molecule has 69 heavy (non-hydrogen) atoms. The fraction of sp³-hybridized carbons (Fsp3) is 0.723. The van der Waals surface area contributed by atoms with E-state index in [9.17, 15) is 5.11 Å². The highest BCUT2D eigenvalue weighted by Crippen LogP contribution is 2.18. The Balaban J connectivity index is 0.000000484. The van der Waals surface area contributed by atoms with E-state index in [4.69, 9.17) is 14.2 Å². The molecule has 0 aliphatic rings. The van der Waals surface area contributed by atoms with Crippen LogP contribution in [0.1, 0.15) is 249 Å². The highest BCUT2D eigenvalue weighted by molar-refractivity contribution is 5.16. The molecule has 0 heterocycles. The fourth-order valence-corrected chi connectivity index (χ4v) is 9.40. The van der Waals surface area contributed by atoms with Gasteiger partial charge in [-0.05, 0) is 55.2 Å². The maximum absolute atomic E-state index is 9.57. The largest absolute Gasteiger partial charge is 0.396 e. The molecule has 1 N–H and O–H groups in total. The summed E-state index contributed by atoms with van der Waals surface area (Å²) in [5, 5.41) is 9.57. The van der Waals surface area contributed by atoms with Crippen molar-refractivity contribution in [3.8, 4) is 0 Å². The number of benzene rings is 3. The third-order valence-corrected chi connectivity index (χ3v) is 14.1. The first-order chi connectivity index (χ1) is 34.2. The van der Waals surface area contributed by atoms with Crippen LogP contribution in [0.15, 0.2) is 91.0 Å². The third-order valence-electron chi connectivity index (χ3n) is 14.1. The Labute approximate surface area is 428 Å². The molecule has 4 heteroatoms. The molecule has 0 aliphatic carbocycles. The second kappa shape index (κ2) is 50.4. The van der Waals surface area contributed by atoms with Crippen LogP contribution in [0.3, 0.4) is 0 Å². The van der Waals surface area contributed by atoms with Gasteiger partial charge in [-0.1, -0.05) is 297 Å². The van der Waals surface area contributed by atoms with Crippen molar-refractivity contribution in [2.45, 2.75) is 252 Å². The summed E-state index contributed by atoms with van der Waals surface area (Å²) in [6.45, 7) is 9.50. The lowest BCUT2D eigenvalue weighted by Crippen LogP contribution is -2.18. The Hall–Kier alpha value is -2.50. The molecule has 3 aromatic carbocycles. The minimum atomic E-state index is 0.228. The van der Waals surface area contributed by atoms with Gasteiger partial charge in [0, 0.05) is 31.7 Å². The van der Waals surface area contributed by atoms with Crippen molar-refractivity contribution in [1.29, 1.82) is 0 Å².